The quantitative estimate of drug-likeness (QED) is 0.419. The van der Waals surface area contributed by atoms with Gasteiger partial charge in [-0.3, -0.25) is 0 Å². The van der Waals surface area contributed by atoms with Crippen molar-refractivity contribution in [2.24, 2.45) is 0 Å². The van der Waals surface area contributed by atoms with Gasteiger partial charge in [0.2, 0.25) is 0 Å². The summed E-state index contributed by atoms with van der Waals surface area (Å²) in [6.07, 6.45) is 4.47. The number of hydrogen-bond acceptors (Lipinski definition) is 2. The maximum Gasteiger partial charge on any atom is 0.362 e. The van der Waals surface area contributed by atoms with Crippen LogP contribution in [0.4, 0.5) is 0 Å². The number of likely N-dealkylation sites (tertiary alicyclic amines) is 1. The maximum absolute atomic E-state index is 11.8. The molecule has 1 aliphatic rings. The third kappa shape index (κ3) is 5.35. The van der Waals surface area contributed by atoms with Crippen LogP contribution in [0, 0.1) is 0 Å². The fraction of sp³-hybridized carbons (Fsp3) is 0.786. The molecule has 0 aromatic rings. The van der Waals surface area contributed by atoms with Gasteiger partial charge in [-0.15, -0.1) is 6.58 Å². The summed E-state index contributed by atoms with van der Waals surface area (Å²) in [5.41, 5.74) is 1.06. The molecule has 0 aromatic carbocycles. The number of carbonyl (C=O) groups is 1. The van der Waals surface area contributed by atoms with Gasteiger partial charge in [-0.25, -0.2) is 4.79 Å². The second-order valence-corrected chi connectivity index (χ2v) is 5.75. The molecule has 1 fully saturated rings. The summed E-state index contributed by atoms with van der Waals surface area (Å²) in [5.74, 6) is -0.0665. The normalized spacial score (nSPS) is 20.6. The predicted octanol–water partition coefficient (Wildman–Crippen LogP) is 2.51. The third-order valence-corrected chi connectivity index (χ3v) is 3.38. The minimum atomic E-state index is -0.0665. The van der Waals surface area contributed by atoms with Crippen LogP contribution >= 0.6 is 0 Å². The van der Waals surface area contributed by atoms with E-state index in [1.165, 1.54) is 19.3 Å². The molecule has 0 bridgehead atoms. The van der Waals surface area contributed by atoms with Crippen molar-refractivity contribution in [3.63, 3.8) is 0 Å². The van der Waals surface area contributed by atoms with Crippen molar-refractivity contribution in [2.75, 3.05) is 26.7 Å². The van der Waals surface area contributed by atoms with E-state index in [0.717, 1.165) is 29.6 Å². The Bertz CT molecular complexity index is 280. The Morgan fingerprint density at radius 1 is 1.35 bits per heavy atom. The number of hydrogen-bond donors (Lipinski definition) is 0. The Labute approximate surface area is 105 Å². The molecule has 1 heterocycles. The van der Waals surface area contributed by atoms with Crippen molar-refractivity contribution < 1.29 is 14.0 Å². The van der Waals surface area contributed by atoms with Crippen molar-refractivity contribution in [1.29, 1.82) is 0 Å². The van der Waals surface area contributed by atoms with Crippen molar-refractivity contribution in [3.05, 3.63) is 12.2 Å². The van der Waals surface area contributed by atoms with Gasteiger partial charge in [0, 0.05) is 6.42 Å². The summed E-state index contributed by atoms with van der Waals surface area (Å²) >= 11 is 0. The van der Waals surface area contributed by atoms with Crippen LogP contribution in [-0.2, 0) is 9.53 Å². The van der Waals surface area contributed by atoms with Crippen LogP contribution in [0.1, 0.15) is 39.5 Å². The van der Waals surface area contributed by atoms with Gasteiger partial charge in [0.25, 0.3) is 0 Å². The Morgan fingerprint density at radius 2 is 1.94 bits per heavy atom. The fourth-order valence-electron chi connectivity index (χ4n) is 2.54. The lowest BCUT2D eigenvalue weighted by Gasteiger charge is -2.36. The van der Waals surface area contributed by atoms with E-state index in [1.807, 2.05) is 13.8 Å². The van der Waals surface area contributed by atoms with E-state index < -0.39 is 0 Å². The van der Waals surface area contributed by atoms with Crippen molar-refractivity contribution >= 4 is 5.97 Å². The molecule has 17 heavy (non-hydrogen) atoms. The number of piperidine rings is 1. The molecule has 0 aliphatic carbocycles. The second kappa shape index (κ2) is 6.20. The molecule has 1 rings (SSSR count). The summed E-state index contributed by atoms with van der Waals surface area (Å²) < 4.78 is 6.26. The number of esters is 1. The first kappa shape index (κ1) is 14.2. The first-order valence-electron chi connectivity index (χ1n) is 6.59. The van der Waals surface area contributed by atoms with Crippen LogP contribution in [0.5, 0.6) is 0 Å². The molecule has 98 valence electrons. The zero-order chi connectivity index (χ0) is 12.9. The largest absolute Gasteiger partial charge is 0.458 e. The van der Waals surface area contributed by atoms with Crippen LogP contribution in [0.3, 0.4) is 0 Å². The average molecular weight is 240 g/mol. The van der Waals surface area contributed by atoms with E-state index >= 15 is 0 Å². The lowest BCUT2D eigenvalue weighted by molar-refractivity contribution is -0.907. The number of quaternary nitrogens is 1. The summed E-state index contributed by atoms with van der Waals surface area (Å²) in [6, 6.07) is 0. The Morgan fingerprint density at radius 3 is 2.47 bits per heavy atom. The van der Waals surface area contributed by atoms with Crippen LogP contribution in [0.2, 0.25) is 0 Å². The van der Waals surface area contributed by atoms with E-state index in [1.54, 1.807) is 0 Å². The summed E-state index contributed by atoms with van der Waals surface area (Å²) in [4.78, 5) is 11.8. The minimum Gasteiger partial charge on any atom is -0.458 e. The first-order chi connectivity index (χ1) is 7.91. The highest BCUT2D eigenvalue weighted by Gasteiger charge is 2.28. The van der Waals surface area contributed by atoms with E-state index in [9.17, 15) is 4.79 Å². The molecule has 1 atom stereocenters. The van der Waals surface area contributed by atoms with Crippen molar-refractivity contribution in [3.8, 4) is 0 Å². The molecule has 3 heteroatoms. The van der Waals surface area contributed by atoms with E-state index in [4.69, 9.17) is 4.74 Å². The zero-order valence-electron chi connectivity index (χ0n) is 11.5. The molecule has 0 aromatic heterocycles. The third-order valence-electron chi connectivity index (χ3n) is 3.38. The van der Waals surface area contributed by atoms with Crippen molar-refractivity contribution in [1.82, 2.24) is 0 Å². The van der Waals surface area contributed by atoms with Gasteiger partial charge in [0.15, 0.2) is 6.54 Å². The highest BCUT2D eigenvalue weighted by atomic mass is 16.5. The van der Waals surface area contributed by atoms with Gasteiger partial charge in [-0.05, 0) is 33.1 Å². The van der Waals surface area contributed by atoms with Crippen LogP contribution in [0.15, 0.2) is 12.2 Å². The number of likely N-dealkylation sites (N-methyl/N-ethyl adjacent to an activating group) is 1. The van der Waals surface area contributed by atoms with Crippen LogP contribution in [0.25, 0.3) is 0 Å². The lowest BCUT2D eigenvalue weighted by atomic mass is 10.1. The smallest absolute Gasteiger partial charge is 0.362 e. The molecular formula is C14H26NO2+. The summed E-state index contributed by atoms with van der Waals surface area (Å²) in [7, 11) is 2.16. The van der Waals surface area contributed by atoms with Gasteiger partial charge in [-0.2, -0.15) is 0 Å². The fourth-order valence-corrected chi connectivity index (χ4v) is 2.54. The molecule has 1 saturated heterocycles. The van der Waals surface area contributed by atoms with Gasteiger partial charge >= 0.3 is 5.97 Å². The summed E-state index contributed by atoms with van der Waals surface area (Å²) in [6.45, 7) is 10.4. The van der Waals surface area contributed by atoms with E-state index in [0.29, 0.717) is 6.54 Å². The SMILES string of the molecule is C=C(C)C[C@@H](C)OC(=O)C[N+]1(C)CCCCC1. The minimum absolute atomic E-state index is 0.0450. The van der Waals surface area contributed by atoms with Gasteiger partial charge in [0.05, 0.1) is 20.1 Å². The predicted molar refractivity (Wildman–Crippen MR) is 69.6 cm³/mol. The van der Waals surface area contributed by atoms with Crippen LogP contribution < -0.4 is 0 Å². The zero-order valence-corrected chi connectivity index (χ0v) is 11.5. The molecule has 0 radical (unpaired) electrons. The van der Waals surface area contributed by atoms with E-state index in [-0.39, 0.29) is 12.1 Å². The highest BCUT2D eigenvalue weighted by Crippen LogP contribution is 2.16. The average Bonchev–Trinajstić information content (AvgIpc) is 2.15. The molecule has 0 saturated carbocycles. The van der Waals surface area contributed by atoms with Crippen LogP contribution in [-0.4, -0.2) is 43.2 Å². The molecule has 1 aliphatic heterocycles. The standard InChI is InChI=1S/C14H26NO2/c1-12(2)10-13(3)17-14(16)11-15(4)8-6-5-7-9-15/h13H,1,5-11H2,2-4H3/q+1/t13-/m1/s1. The Hall–Kier alpha value is -0.830. The lowest BCUT2D eigenvalue weighted by Crippen LogP contribution is -2.51. The monoisotopic (exact) mass is 240 g/mol. The maximum atomic E-state index is 11.8. The van der Waals surface area contributed by atoms with Gasteiger partial charge in [0.1, 0.15) is 6.10 Å². The number of rotatable bonds is 5. The Balaban J connectivity index is 2.35. The van der Waals surface area contributed by atoms with Gasteiger partial charge < -0.3 is 9.22 Å². The number of nitrogens with zero attached hydrogens (tertiary/aromatic N) is 1. The molecule has 0 unspecified atom stereocenters. The second-order valence-electron chi connectivity index (χ2n) is 5.75. The highest BCUT2D eigenvalue weighted by molar-refractivity contribution is 5.70. The Kier molecular flexibility index (Phi) is 5.19. The topological polar surface area (TPSA) is 26.3 Å². The van der Waals surface area contributed by atoms with E-state index in [2.05, 4.69) is 13.6 Å². The number of ether oxygens (including phenoxy) is 1. The molecular weight excluding hydrogens is 214 g/mol. The van der Waals surface area contributed by atoms with Crippen molar-refractivity contribution in [2.45, 2.75) is 45.6 Å². The molecule has 3 nitrogen and oxygen atoms in total. The molecule has 0 N–H and O–H groups in total. The number of carbonyl (C=O) groups excluding carboxylic acids is 1. The van der Waals surface area contributed by atoms with Gasteiger partial charge in [-0.1, -0.05) is 5.57 Å². The molecule has 0 amide bonds. The first-order valence-corrected chi connectivity index (χ1v) is 6.59. The molecule has 0 spiro atoms. The summed E-state index contributed by atoms with van der Waals surface area (Å²) in [5, 5.41) is 0.